The van der Waals surface area contributed by atoms with Crippen molar-refractivity contribution in [3.05, 3.63) is 70.9 Å². The van der Waals surface area contributed by atoms with Crippen molar-refractivity contribution < 1.29 is 17.4 Å². The van der Waals surface area contributed by atoms with Gasteiger partial charge in [-0.2, -0.15) is 13.5 Å². The molecule has 0 bridgehead atoms. The standard InChI is InChI=1S/C20H21N3O4S/c1-13-5-6-14(2)18(11-13)28(25,26)27-17-9-7-16(8-10-17)20(24)21-19-12-15(3)22-23(19)4/h5-12H,1-4H3,(H,21,24). The SMILES string of the molecule is Cc1ccc(C)c(S(=O)(=O)Oc2ccc(C(=O)Nc3cc(C)nn3C)cc2)c1. The van der Waals surface area contributed by atoms with Crippen molar-refractivity contribution in [2.75, 3.05) is 5.32 Å². The molecule has 7 nitrogen and oxygen atoms in total. The third-order valence-corrected chi connectivity index (χ3v) is 5.57. The van der Waals surface area contributed by atoms with Crippen molar-refractivity contribution in [2.45, 2.75) is 25.7 Å². The number of benzene rings is 2. The van der Waals surface area contributed by atoms with Crippen LogP contribution in [-0.4, -0.2) is 24.1 Å². The van der Waals surface area contributed by atoms with E-state index in [1.165, 1.54) is 24.3 Å². The maximum absolute atomic E-state index is 12.6. The highest BCUT2D eigenvalue weighted by Crippen LogP contribution is 2.23. The maximum atomic E-state index is 12.6. The summed E-state index contributed by atoms with van der Waals surface area (Å²) in [5.41, 5.74) is 2.59. The highest BCUT2D eigenvalue weighted by atomic mass is 32.2. The van der Waals surface area contributed by atoms with E-state index >= 15 is 0 Å². The Labute approximate surface area is 164 Å². The monoisotopic (exact) mass is 399 g/mol. The molecule has 1 amide bonds. The molecule has 0 aliphatic carbocycles. The second-order valence-corrected chi connectivity index (χ2v) is 8.09. The third-order valence-electron chi connectivity index (χ3n) is 4.18. The van der Waals surface area contributed by atoms with Gasteiger partial charge >= 0.3 is 10.1 Å². The van der Waals surface area contributed by atoms with Crippen molar-refractivity contribution in [1.82, 2.24) is 9.78 Å². The van der Waals surface area contributed by atoms with Crippen LogP contribution in [0.25, 0.3) is 0 Å². The number of anilines is 1. The number of carbonyl (C=O) groups excluding carboxylic acids is 1. The minimum atomic E-state index is -3.96. The van der Waals surface area contributed by atoms with Gasteiger partial charge in [0.15, 0.2) is 0 Å². The minimum Gasteiger partial charge on any atom is -0.379 e. The van der Waals surface area contributed by atoms with E-state index in [0.717, 1.165) is 11.3 Å². The summed E-state index contributed by atoms with van der Waals surface area (Å²) < 4.78 is 31.9. The molecular weight excluding hydrogens is 378 g/mol. The molecule has 1 N–H and O–H groups in total. The average Bonchev–Trinajstić information content (AvgIpc) is 2.94. The molecule has 0 aliphatic rings. The molecule has 8 heteroatoms. The number of nitrogens with one attached hydrogen (secondary N) is 1. The third kappa shape index (κ3) is 4.23. The Morgan fingerprint density at radius 2 is 1.71 bits per heavy atom. The fourth-order valence-electron chi connectivity index (χ4n) is 2.73. The second kappa shape index (κ2) is 7.47. The zero-order valence-corrected chi connectivity index (χ0v) is 16.9. The Morgan fingerprint density at radius 1 is 1.04 bits per heavy atom. The van der Waals surface area contributed by atoms with Crippen LogP contribution >= 0.6 is 0 Å². The molecular formula is C20H21N3O4S. The fraction of sp³-hybridized carbons (Fsp3) is 0.200. The molecule has 0 saturated carbocycles. The van der Waals surface area contributed by atoms with E-state index < -0.39 is 10.1 Å². The number of carbonyl (C=O) groups is 1. The summed E-state index contributed by atoms with van der Waals surface area (Å²) in [6.45, 7) is 5.36. The van der Waals surface area contributed by atoms with Crippen LogP contribution in [0.3, 0.4) is 0 Å². The summed E-state index contributed by atoms with van der Waals surface area (Å²) in [6, 6.07) is 12.8. The normalized spacial score (nSPS) is 11.3. The summed E-state index contributed by atoms with van der Waals surface area (Å²) in [7, 11) is -2.23. The van der Waals surface area contributed by atoms with Gasteiger partial charge in [0.25, 0.3) is 5.91 Å². The van der Waals surface area contributed by atoms with Crippen molar-refractivity contribution in [2.24, 2.45) is 7.05 Å². The van der Waals surface area contributed by atoms with Gasteiger partial charge in [-0.15, -0.1) is 0 Å². The van der Waals surface area contributed by atoms with Crippen LogP contribution < -0.4 is 9.50 Å². The van der Waals surface area contributed by atoms with Gasteiger partial charge in [0, 0.05) is 18.7 Å². The lowest BCUT2D eigenvalue weighted by Crippen LogP contribution is -2.15. The molecule has 0 saturated heterocycles. The number of hydrogen-bond acceptors (Lipinski definition) is 5. The molecule has 0 atom stereocenters. The first-order valence-corrected chi connectivity index (χ1v) is 10.0. The first-order chi connectivity index (χ1) is 13.2. The summed E-state index contributed by atoms with van der Waals surface area (Å²) in [4.78, 5) is 12.5. The molecule has 3 rings (SSSR count). The number of rotatable bonds is 5. The fourth-order valence-corrected chi connectivity index (χ4v) is 3.97. The molecule has 0 spiro atoms. The second-order valence-electron chi connectivity index (χ2n) is 6.58. The van der Waals surface area contributed by atoms with Gasteiger partial charge < -0.3 is 9.50 Å². The molecule has 3 aromatic rings. The van der Waals surface area contributed by atoms with Crippen LogP contribution in [-0.2, 0) is 17.2 Å². The van der Waals surface area contributed by atoms with Gasteiger partial charge in [0.2, 0.25) is 0 Å². The first kappa shape index (κ1) is 19.6. The van der Waals surface area contributed by atoms with Crippen molar-refractivity contribution in [3.63, 3.8) is 0 Å². The Kier molecular flexibility index (Phi) is 5.24. The predicted octanol–water partition coefficient (Wildman–Crippen LogP) is 3.37. The first-order valence-electron chi connectivity index (χ1n) is 8.59. The average molecular weight is 399 g/mol. The molecule has 1 heterocycles. The molecule has 0 aliphatic heterocycles. The molecule has 0 fully saturated rings. The van der Waals surface area contributed by atoms with Gasteiger partial charge in [-0.05, 0) is 62.2 Å². The van der Waals surface area contributed by atoms with Crippen LogP contribution in [0.1, 0.15) is 27.2 Å². The highest BCUT2D eigenvalue weighted by Gasteiger charge is 2.20. The quantitative estimate of drug-likeness (QED) is 0.665. The van der Waals surface area contributed by atoms with E-state index in [1.807, 2.05) is 19.9 Å². The zero-order valence-electron chi connectivity index (χ0n) is 16.1. The smallest absolute Gasteiger partial charge is 0.339 e. The molecule has 2 aromatic carbocycles. The van der Waals surface area contributed by atoms with Crippen LogP contribution in [0.4, 0.5) is 5.82 Å². The Morgan fingerprint density at radius 3 is 2.32 bits per heavy atom. The van der Waals surface area contributed by atoms with E-state index in [9.17, 15) is 13.2 Å². The Balaban J connectivity index is 1.76. The van der Waals surface area contributed by atoms with Crippen molar-refractivity contribution >= 4 is 21.8 Å². The summed E-state index contributed by atoms with van der Waals surface area (Å²) in [6.07, 6.45) is 0. The Bertz CT molecular complexity index is 1130. The maximum Gasteiger partial charge on any atom is 0.339 e. The van der Waals surface area contributed by atoms with E-state index in [2.05, 4.69) is 10.4 Å². The summed E-state index contributed by atoms with van der Waals surface area (Å²) in [5, 5.41) is 6.93. The lowest BCUT2D eigenvalue weighted by molar-refractivity contribution is 0.102. The van der Waals surface area contributed by atoms with Crippen LogP contribution in [0.2, 0.25) is 0 Å². The number of aromatic nitrogens is 2. The van der Waals surface area contributed by atoms with E-state index in [0.29, 0.717) is 16.9 Å². The summed E-state index contributed by atoms with van der Waals surface area (Å²) >= 11 is 0. The number of aryl methyl sites for hydroxylation is 4. The Hall–Kier alpha value is -3.13. The molecule has 28 heavy (non-hydrogen) atoms. The molecule has 0 unspecified atom stereocenters. The van der Waals surface area contributed by atoms with Crippen LogP contribution in [0.15, 0.2) is 53.4 Å². The largest absolute Gasteiger partial charge is 0.379 e. The predicted molar refractivity (Wildman–Crippen MR) is 106 cm³/mol. The van der Waals surface area contributed by atoms with Gasteiger partial charge in [0.1, 0.15) is 16.5 Å². The zero-order chi connectivity index (χ0) is 20.5. The van der Waals surface area contributed by atoms with Gasteiger partial charge in [-0.3, -0.25) is 9.48 Å². The van der Waals surface area contributed by atoms with Crippen molar-refractivity contribution in [1.29, 1.82) is 0 Å². The number of nitrogens with zero attached hydrogens (tertiary/aromatic N) is 2. The lowest BCUT2D eigenvalue weighted by atomic mass is 10.2. The van der Waals surface area contributed by atoms with E-state index in [-0.39, 0.29) is 16.6 Å². The summed E-state index contributed by atoms with van der Waals surface area (Å²) in [5.74, 6) is 0.376. The number of amides is 1. The van der Waals surface area contributed by atoms with Gasteiger partial charge in [-0.1, -0.05) is 12.1 Å². The van der Waals surface area contributed by atoms with E-state index in [4.69, 9.17) is 4.18 Å². The van der Waals surface area contributed by atoms with Crippen LogP contribution in [0.5, 0.6) is 5.75 Å². The van der Waals surface area contributed by atoms with Gasteiger partial charge in [-0.25, -0.2) is 0 Å². The minimum absolute atomic E-state index is 0.126. The van der Waals surface area contributed by atoms with Crippen molar-refractivity contribution in [3.8, 4) is 5.75 Å². The van der Waals surface area contributed by atoms with Crippen LogP contribution in [0, 0.1) is 20.8 Å². The molecule has 1 aromatic heterocycles. The molecule has 0 radical (unpaired) electrons. The highest BCUT2D eigenvalue weighted by molar-refractivity contribution is 7.87. The lowest BCUT2D eigenvalue weighted by Gasteiger charge is -2.11. The van der Waals surface area contributed by atoms with E-state index in [1.54, 1.807) is 36.9 Å². The topological polar surface area (TPSA) is 90.3 Å². The van der Waals surface area contributed by atoms with Gasteiger partial charge in [0.05, 0.1) is 5.69 Å². The molecule has 146 valence electrons. The number of hydrogen-bond donors (Lipinski definition) is 1.